The molecule has 0 saturated carbocycles. The highest BCUT2D eigenvalue weighted by molar-refractivity contribution is 5.83. The maximum atomic E-state index is 13.7. The van der Waals surface area contributed by atoms with Crippen molar-refractivity contribution >= 4 is 11.0 Å². The fraction of sp³-hybridized carbons (Fsp3) is 0.318. The van der Waals surface area contributed by atoms with Gasteiger partial charge < -0.3 is 13.9 Å². The van der Waals surface area contributed by atoms with Crippen LogP contribution in [0.25, 0.3) is 11.0 Å². The van der Waals surface area contributed by atoms with Gasteiger partial charge in [-0.25, -0.2) is 0 Å². The van der Waals surface area contributed by atoms with E-state index in [4.69, 9.17) is 13.9 Å². The largest absolute Gasteiger partial charge is 0.493 e. The van der Waals surface area contributed by atoms with Gasteiger partial charge in [0.1, 0.15) is 17.1 Å². The summed E-state index contributed by atoms with van der Waals surface area (Å²) in [5.41, 5.74) is 0.296. The number of hydrogen-bond acceptors (Lipinski definition) is 4. The van der Waals surface area contributed by atoms with Gasteiger partial charge in [-0.05, 0) is 50.1 Å². The maximum Gasteiger partial charge on any atom is 0.453 e. The maximum absolute atomic E-state index is 13.7. The Hall–Kier alpha value is -2.96. The summed E-state index contributed by atoms with van der Waals surface area (Å²) in [6.07, 6.45) is -3.12. The first-order chi connectivity index (χ1) is 13.8. The zero-order valence-corrected chi connectivity index (χ0v) is 16.4. The van der Waals surface area contributed by atoms with E-state index in [2.05, 4.69) is 0 Å². The predicted molar refractivity (Wildman–Crippen MR) is 104 cm³/mol. The summed E-state index contributed by atoms with van der Waals surface area (Å²) in [5.74, 6) is -1.86. The standard InChI is InChI=1S/C22H21F3O4/c1-4-6-14-7-9-15(10-8-14)28-20-18(26)16-11-12-17(27-5-2)13(3)19(16)29-21(20)22(23,24)25/h7-12H,4-6H2,1-3H3. The highest BCUT2D eigenvalue weighted by atomic mass is 19.4. The Labute approximate surface area is 165 Å². The number of benzene rings is 2. The minimum atomic E-state index is -4.90. The average Bonchev–Trinajstić information content (AvgIpc) is 2.67. The molecule has 0 fully saturated rings. The van der Waals surface area contributed by atoms with E-state index in [-0.39, 0.29) is 16.7 Å². The van der Waals surface area contributed by atoms with Crippen molar-refractivity contribution in [2.45, 2.75) is 39.8 Å². The van der Waals surface area contributed by atoms with Gasteiger partial charge in [0.05, 0.1) is 12.0 Å². The first-order valence-corrected chi connectivity index (χ1v) is 9.33. The quantitative estimate of drug-likeness (QED) is 0.485. The smallest absolute Gasteiger partial charge is 0.453 e. The number of alkyl halides is 3. The summed E-state index contributed by atoms with van der Waals surface area (Å²) in [6.45, 7) is 5.66. The molecule has 0 bridgehead atoms. The van der Waals surface area contributed by atoms with Crippen LogP contribution in [0.4, 0.5) is 13.2 Å². The van der Waals surface area contributed by atoms with E-state index in [1.165, 1.54) is 24.3 Å². The molecule has 1 heterocycles. The predicted octanol–water partition coefficient (Wildman–Crippen LogP) is 6.26. The van der Waals surface area contributed by atoms with Gasteiger partial charge in [0, 0.05) is 5.56 Å². The minimum Gasteiger partial charge on any atom is -0.493 e. The third-order valence-electron chi connectivity index (χ3n) is 4.46. The summed E-state index contributed by atoms with van der Waals surface area (Å²) in [5, 5.41) is -0.00319. The fourth-order valence-corrected chi connectivity index (χ4v) is 3.08. The lowest BCUT2D eigenvalue weighted by Crippen LogP contribution is -2.16. The molecule has 0 aliphatic carbocycles. The zero-order chi connectivity index (χ0) is 21.2. The van der Waals surface area contributed by atoms with Crippen molar-refractivity contribution in [3.8, 4) is 17.2 Å². The van der Waals surface area contributed by atoms with E-state index in [9.17, 15) is 18.0 Å². The number of ether oxygens (including phenoxy) is 2. The summed E-state index contributed by atoms with van der Waals surface area (Å²) in [7, 11) is 0. The van der Waals surface area contributed by atoms with E-state index in [1.807, 2.05) is 6.92 Å². The van der Waals surface area contributed by atoms with Crippen molar-refractivity contribution in [1.82, 2.24) is 0 Å². The van der Waals surface area contributed by atoms with E-state index < -0.39 is 23.1 Å². The van der Waals surface area contributed by atoms with Gasteiger partial charge in [0.25, 0.3) is 5.76 Å². The van der Waals surface area contributed by atoms with Crippen molar-refractivity contribution in [3.63, 3.8) is 0 Å². The van der Waals surface area contributed by atoms with E-state index >= 15 is 0 Å². The van der Waals surface area contributed by atoms with E-state index in [0.717, 1.165) is 18.4 Å². The van der Waals surface area contributed by atoms with Crippen LogP contribution in [-0.2, 0) is 12.6 Å². The van der Waals surface area contributed by atoms with Crippen LogP contribution in [0.5, 0.6) is 17.2 Å². The molecule has 0 amide bonds. The third-order valence-corrected chi connectivity index (χ3v) is 4.46. The Balaban J connectivity index is 2.16. The van der Waals surface area contributed by atoms with Gasteiger partial charge >= 0.3 is 6.18 Å². The SMILES string of the molecule is CCCc1ccc(Oc2c(C(F)(F)F)oc3c(C)c(OCC)ccc3c2=O)cc1. The van der Waals surface area contributed by atoms with Crippen molar-refractivity contribution in [2.24, 2.45) is 0 Å². The Morgan fingerprint density at radius 3 is 2.31 bits per heavy atom. The average molecular weight is 406 g/mol. The normalized spacial score (nSPS) is 11.7. The molecule has 0 spiro atoms. The molecule has 2 aromatic carbocycles. The molecule has 1 aromatic heterocycles. The molecule has 3 aromatic rings. The molecular weight excluding hydrogens is 385 g/mol. The first kappa shape index (κ1) is 20.8. The van der Waals surface area contributed by atoms with Crippen molar-refractivity contribution in [1.29, 1.82) is 0 Å². The Bertz CT molecular complexity index is 1070. The topological polar surface area (TPSA) is 48.7 Å². The minimum absolute atomic E-state index is 0.00319. The van der Waals surface area contributed by atoms with Crippen molar-refractivity contribution < 1.29 is 27.1 Å². The van der Waals surface area contributed by atoms with Gasteiger partial charge in [-0.1, -0.05) is 25.5 Å². The summed E-state index contributed by atoms with van der Waals surface area (Å²) < 4.78 is 56.9. The molecular formula is C22H21F3O4. The van der Waals surface area contributed by atoms with Crippen molar-refractivity contribution in [2.75, 3.05) is 6.61 Å². The molecule has 0 unspecified atom stereocenters. The van der Waals surface area contributed by atoms with Gasteiger partial charge in [0.2, 0.25) is 11.2 Å². The first-order valence-electron chi connectivity index (χ1n) is 9.33. The van der Waals surface area contributed by atoms with Crippen LogP contribution in [0.3, 0.4) is 0 Å². The fourth-order valence-electron chi connectivity index (χ4n) is 3.08. The number of rotatable bonds is 6. The van der Waals surface area contributed by atoms with Crippen LogP contribution in [0.15, 0.2) is 45.6 Å². The van der Waals surface area contributed by atoms with Crippen LogP contribution in [0.1, 0.15) is 37.2 Å². The van der Waals surface area contributed by atoms with Crippen molar-refractivity contribution in [3.05, 3.63) is 63.5 Å². The van der Waals surface area contributed by atoms with Gasteiger partial charge in [-0.15, -0.1) is 0 Å². The molecule has 0 aliphatic heterocycles. The summed E-state index contributed by atoms with van der Waals surface area (Å²) in [4.78, 5) is 12.9. The number of halogens is 3. The van der Waals surface area contributed by atoms with Gasteiger partial charge in [-0.3, -0.25) is 4.79 Å². The van der Waals surface area contributed by atoms with Gasteiger partial charge in [0.15, 0.2) is 0 Å². The molecule has 0 aliphatic rings. The summed E-state index contributed by atoms with van der Waals surface area (Å²) >= 11 is 0. The second-order valence-corrected chi connectivity index (χ2v) is 6.58. The monoisotopic (exact) mass is 406 g/mol. The molecule has 29 heavy (non-hydrogen) atoms. The lowest BCUT2D eigenvalue weighted by Gasteiger charge is -2.15. The Morgan fingerprint density at radius 1 is 1.03 bits per heavy atom. The lowest BCUT2D eigenvalue weighted by molar-refractivity contribution is -0.154. The van der Waals surface area contributed by atoms with Crippen LogP contribution in [0, 0.1) is 6.92 Å². The highest BCUT2D eigenvalue weighted by Crippen LogP contribution is 2.39. The third kappa shape index (κ3) is 4.23. The molecule has 7 heteroatoms. The van der Waals surface area contributed by atoms with E-state index in [0.29, 0.717) is 17.9 Å². The second-order valence-electron chi connectivity index (χ2n) is 6.58. The molecule has 0 saturated heterocycles. The zero-order valence-electron chi connectivity index (χ0n) is 16.4. The van der Waals surface area contributed by atoms with Crippen LogP contribution in [0.2, 0.25) is 0 Å². The second kappa shape index (κ2) is 8.19. The summed E-state index contributed by atoms with van der Waals surface area (Å²) in [6, 6.07) is 9.52. The number of fused-ring (bicyclic) bond motifs is 1. The molecule has 0 radical (unpaired) electrons. The number of aryl methyl sites for hydroxylation is 2. The highest BCUT2D eigenvalue weighted by Gasteiger charge is 2.40. The van der Waals surface area contributed by atoms with Crippen LogP contribution < -0.4 is 14.9 Å². The molecule has 154 valence electrons. The molecule has 0 atom stereocenters. The Kier molecular flexibility index (Phi) is 5.86. The number of hydrogen-bond donors (Lipinski definition) is 0. The lowest BCUT2D eigenvalue weighted by atomic mass is 10.1. The molecule has 0 N–H and O–H groups in total. The Morgan fingerprint density at radius 2 is 1.72 bits per heavy atom. The van der Waals surface area contributed by atoms with Gasteiger partial charge in [-0.2, -0.15) is 13.2 Å². The molecule has 4 nitrogen and oxygen atoms in total. The molecule has 3 rings (SSSR count). The van der Waals surface area contributed by atoms with Crippen LogP contribution in [-0.4, -0.2) is 6.61 Å². The van der Waals surface area contributed by atoms with E-state index in [1.54, 1.807) is 26.0 Å². The van der Waals surface area contributed by atoms with Crippen LogP contribution >= 0.6 is 0 Å².